The van der Waals surface area contributed by atoms with Gasteiger partial charge in [0.1, 0.15) is 12.4 Å². The minimum Gasteiger partial charge on any atom is -0.360 e. The number of imidazole rings is 1. The first-order valence-electron chi connectivity index (χ1n) is 15.2. The van der Waals surface area contributed by atoms with Crippen molar-refractivity contribution in [3.63, 3.8) is 0 Å². The predicted octanol–water partition coefficient (Wildman–Crippen LogP) is 5.69. The molecule has 2 aliphatic heterocycles. The van der Waals surface area contributed by atoms with Crippen LogP contribution in [0.25, 0.3) is 22.4 Å². The zero-order chi connectivity index (χ0) is 33.6. The summed E-state index contributed by atoms with van der Waals surface area (Å²) >= 11 is 12.6. The molecule has 2 aliphatic rings. The molecule has 1 aromatic heterocycles. The van der Waals surface area contributed by atoms with Crippen molar-refractivity contribution in [1.82, 2.24) is 19.6 Å². The number of H-pyrrole nitrogens is 1. The second kappa shape index (κ2) is 12.6. The maximum absolute atomic E-state index is 12.4. The third-order valence-electron chi connectivity index (χ3n) is 8.69. The van der Waals surface area contributed by atoms with Gasteiger partial charge in [-0.1, -0.05) is 71.7 Å². The number of rotatable bonds is 7. The molecule has 0 spiro atoms. The Hall–Kier alpha value is -4.84. The Labute approximate surface area is 288 Å². The Morgan fingerprint density at radius 2 is 1.42 bits per heavy atom. The number of anilines is 2. The smallest absolute Gasteiger partial charge is 0.326 e. The Kier molecular flexibility index (Phi) is 8.36. The van der Waals surface area contributed by atoms with Crippen LogP contribution in [0.5, 0.6) is 0 Å². The fourth-order valence-electron chi connectivity index (χ4n) is 6.06. The van der Waals surface area contributed by atoms with Gasteiger partial charge in [0.25, 0.3) is 5.91 Å². The van der Waals surface area contributed by atoms with E-state index in [4.69, 9.17) is 28.2 Å². The number of nitrogens with one attached hydrogen (secondary N) is 2. The van der Waals surface area contributed by atoms with E-state index in [1.807, 2.05) is 54.2 Å². The summed E-state index contributed by atoms with van der Waals surface area (Å²) in [6, 6.07) is 28.7. The van der Waals surface area contributed by atoms with Crippen LogP contribution in [-0.4, -0.2) is 68.3 Å². The third kappa shape index (κ3) is 6.24. The topological polar surface area (TPSA) is 119 Å². The Bertz CT molecular complexity index is 2120. The second-order valence-electron chi connectivity index (χ2n) is 11.8. The van der Waals surface area contributed by atoms with E-state index >= 15 is 0 Å². The lowest BCUT2D eigenvalue weighted by Gasteiger charge is -2.33. The molecule has 48 heavy (non-hydrogen) atoms. The fourth-order valence-corrected chi connectivity index (χ4v) is 7.72. The van der Waals surface area contributed by atoms with E-state index in [9.17, 15) is 18.0 Å². The van der Waals surface area contributed by atoms with Crippen LogP contribution in [0.3, 0.4) is 0 Å². The van der Waals surface area contributed by atoms with Gasteiger partial charge in [0, 0.05) is 36.4 Å². The largest absolute Gasteiger partial charge is 0.360 e. The van der Waals surface area contributed by atoms with E-state index < -0.39 is 16.1 Å². The van der Waals surface area contributed by atoms with Crippen molar-refractivity contribution in [2.75, 3.05) is 42.4 Å². The van der Waals surface area contributed by atoms with Crippen LogP contribution in [0.15, 0.2) is 97.2 Å². The molecule has 3 heterocycles. The summed E-state index contributed by atoms with van der Waals surface area (Å²) in [4.78, 5) is 36.0. The summed E-state index contributed by atoms with van der Waals surface area (Å²) in [6.45, 7) is 1.59. The number of amides is 2. The van der Waals surface area contributed by atoms with E-state index in [0.29, 0.717) is 34.6 Å². The lowest BCUT2D eigenvalue weighted by molar-refractivity contribution is -0.129. The number of halogens is 2. The number of aromatic nitrogens is 2. The zero-order valence-electron chi connectivity index (χ0n) is 25.7. The number of hydrogen-bond donors (Lipinski definition) is 2. The van der Waals surface area contributed by atoms with Gasteiger partial charge in [-0.3, -0.25) is 9.59 Å². The summed E-state index contributed by atoms with van der Waals surface area (Å²) in [5.41, 5.74) is 6.74. The number of aromatic amines is 1. The number of hydrogen-bond acceptors (Lipinski definition) is 6. The van der Waals surface area contributed by atoms with Crippen molar-refractivity contribution in [3.05, 3.63) is 124 Å². The minimum atomic E-state index is -3.93. The minimum absolute atomic E-state index is 0.109. The molecule has 0 bridgehead atoms. The molecular weight excluding hydrogens is 671 g/mol. The van der Waals surface area contributed by atoms with Crippen LogP contribution in [-0.2, 0) is 19.8 Å². The van der Waals surface area contributed by atoms with Crippen molar-refractivity contribution in [1.29, 1.82) is 0 Å². The lowest BCUT2D eigenvalue weighted by Crippen LogP contribution is -2.48. The van der Waals surface area contributed by atoms with Crippen LogP contribution >= 0.6 is 23.2 Å². The van der Waals surface area contributed by atoms with Crippen molar-refractivity contribution >= 4 is 56.6 Å². The van der Waals surface area contributed by atoms with E-state index in [-0.39, 0.29) is 18.4 Å². The van der Waals surface area contributed by atoms with Crippen LogP contribution in [0.1, 0.15) is 22.9 Å². The molecule has 1 unspecified atom stereocenters. The molecule has 244 valence electrons. The molecule has 2 N–H and O–H groups in total. The Morgan fingerprint density at radius 1 is 0.792 bits per heavy atom. The first-order chi connectivity index (χ1) is 23.1. The summed E-state index contributed by atoms with van der Waals surface area (Å²) in [5, 5.41) is 1.02. The van der Waals surface area contributed by atoms with Gasteiger partial charge in [0.2, 0.25) is 5.91 Å². The number of nitrogens with zero attached hydrogens (tertiary/aromatic N) is 4. The molecule has 13 heteroatoms. The van der Waals surface area contributed by atoms with Gasteiger partial charge in [-0.05, 0) is 64.7 Å². The van der Waals surface area contributed by atoms with Crippen LogP contribution in [0, 0.1) is 0 Å². The average molecular weight is 702 g/mol. The first kappa shape index (κ1) is 31.7. The van der Waals surface area contributed by atoms with Gasteiger partial charge in [-0.2, -0.15) is 8.42 Å². The molecule has 2 fully saturated rings. The number of piperazine rings is 1. The van der Waals surface area contributed by atoms with E-state index in [1.54, 1.807) is 35.4 Å². The molecular formula is C35H30Cl2N6O4S. The van der Waals surface area contributed by atoms with Gasteiger partial charge in [-0.15, -0.1) is 0 Å². The van der Waals surface area contributed by atoms with E-state index in [2.05, 4.69) is 34.1 Å². The van der Waals surface area contributed by atoms with Gasteiger partial charge in [0.05, 0.1) is 35.1 Å². The van der Waals surface area contributed by atoms with Crippen LogP contribution in [0.4, 0.5) is 11.4 Å². The summed E-state index contributed by atoms with van der Waals surface area (Å²) in [5.74, 6) is -0.156. The summed E-state index contributed by atoms with van der Waals surface area (Å²) in [6.07, 6.45) is 1.73. The normalized spacial score (nSPS) is 16.7. The maximum Gasteiger partial charge on any atom is 0.326 e. The number of carbonyl (C=O) groups is 2. The standard InChI is InChI=1S/C35H30Cl2N6O4S/c1-41-16-17-42(21-33(41)45)27-11-6-23(7-12-27)22-2-4-24(5-3-22)34(35-38-19-31(39-35)29-15-10-26(36)18-30(29)37)25-8-13-28(14-9-25)43-20-32(44)40-48(43,46)47/h2-15,18-19,34H,16-17,20-21H2,1H3,(H,38,39)(H,40,44). The highest BCUT2D eigenvalue weighted by atomic mass is 35.5. The molecule has 5 aromatic rings. The monoisotopic (exact) mass is 700 g/mol. The zero-order valence-corrected chi connectivity index (χ0v) is 28.1. The van der Waals surface area contributed by atoms with Crippen molar-refractivity contribution in [3.8, 4) is 22.4 Å². The highest BCUT2D eigenvalue weighted by molar-refractivity contribution is 7.92. The lowest BCUT2D eigenvalue weighted by atomic mass is 9.89. The number of likely N-dealkylation sites (N-methyl/N-ethyl adjacent to an activating group) is 1. The van der Waals surface area contributed by atoms with Crippen molar-refractivity contribution in [2.24, 2.45) is 0 Å². The SMILES string of the molecule is CN1CCN(c2ccc(-c3ccc(C(c4ccc(N5CC(=O)NS5(=O)=O)cc4)c4ncc(-c5ccc(Cl)cc5Cl)[nH]4)cc3)cc2)CC1=O. The van der Waals surface area contributed by atoms with Gasteiger partial charge >= 0.3 is 10.2 Å². The molecule has 0 aliphatic carbocycles. The average Bonchev–Trinajstić information content (AvgIpc) is 3.66. The first-order valence-corrected chi connectivity index (χ1v) is 17.4. The fraction of sp³-hybridized carbons (Fsp3) is 0.171. The van der Waals surface area contributed by atoms with Crippen molar-refractivity contribution < 1.29 is 18.0 Å². The summed E-state index contributed by atoms with van der Waals surface area (Å²) in [7, 11) is -2.10. The summed E-state index contributed by atoms with van der Waals surface area (Å²) < 4.78 is 27.9. The van der Waals surface area contributed by atoms with Gasteiger partial charge in [0.15, 0.2) is 0 Å². The van der Waals surface area contributed by atoms with E-state index in [1.165, 1.54) is 0 Å². The molecule has 0 saturated carbocycles. The van der Waals surface area contributed by atoms with Gasteiger partial charge < -0.3 is 14.8 Å². The molecule has 1 atom stereocenters. The molecule has 10 nitrogen and oxygen atoms in total. The second-order valence-corrected chi connectivity index (χ2v) is 14.2. The third-order valence-corrected chi connectivity index (χ3v) is 10.6. The molecule has 2 amide bonds. The molecule has 0 radical (unpaired) electrons. The van der Waals surface area contributed by atoms with Crippen molar-refractivity contribution in [2.45, 2.75) is 5.92 Å². The Morgan fingerprint density at radius 3 is 2.02 bits per heavy atom. The number of benzene rings is 4. The molecule has 4 aromatic carbocycles. The molecule has 2 saturated heterocycles. The molecule has 7 rings (SSSR count). The van der Waals surface area contributed by atoms with E-state index in [0.717, 1.165) is 50.0 Å². The van der Waals surface area contributed by atoms with Gasteiger partial charge in [-0.25, -0.2) is 14.0 Å². The highest BCUT2D eigenvalue weighted by Crippen LogP contribution is 2.36. The predicted molar refractivity (Wildman–Crippen MR) is 188 cm³/mol. The quantitative estimate of drug-likeness (QED) is 0.225. The highest BCUT2D eigenvalue weighted by Gasteiger charge is 2.34. The van der Waals surface area contributed by atoms with Crippen LogP contribution < -0.4 is 13.9 Å². The number of carbonyl (C=O) groups excluding carboxylic acids is 2. The van der Waals surface area contributed by atoms with Crippen LogP contribution in [0.2, 0.25) is 10.0 Å². The maximum atomic E-state index is 12.4. The Balaban J connectivity index is 1.20.